The molecule has 0 aliphatic heterocycles. The lowest BCUT2D eigenvalue weighted by atomic mass is 10.3. The van der Waals surface area contributed by atoms with E-state index < -0.39 is 0 Å². The summed E-state index contributed by atoms with van der Waals surface area (Å²) in [5.41, 5.74) is 6.40. The van der Waals surface area contributed by atoms with Gasteiger partial charge in [0, 0.05) is 11.4 Å². The minimum Gasteiger partial charge on any atom is -0.402 e. The normalized spacial score (nSPS) is 9.56. The second kappa shape index (κ2) is 7.21. The fourth-order valence-electron chi connectivity index (χ4n) is 0.342. The SMILES string of the molecule is CC.CC(=N)/C=C(/C)N. The first kappa shape index (κ1) is 11.1. The standard InChI is InChI=1S/C5H10N2.C2H6/c1-4(6)3-5(2)7;1-2/h3,6H,7H2,1-2H3;1-2H3/b5-3-,6-4?;. The molecule has 0 spiro atoms. The fraction of sp³-hybridized carbons (Fsp3) is 0.571. The van der Waals surface area contributed by atoms with Crippen molar-refractivity contribution in [2.75, 3.05) is 0 Å². The first-order chi connectivity index (χ1) is 4.13. The average molecular weight is 128 g/mol. The van der Waals surface area contributed by atoms with E-state index in [9.17, 15) is 0 Å². The topological polar surface area (TPSA) is 49.9 Å². The molecule has 9 heavy (non-hydrogen) atoms. The van der Waals surface area contributed by atoms with Crippen LogP contribution in [0.1, 0.15) is 27.7 Å². The van der Waals surface area contributed by atoms with Gasteiger partial charge in [-0.3, -0.25) is 0 Å². The number of nitrogens with two attached hydrogens (primary N) is 1. The molecule has 0 amide bonds. The van der Waals surface area contributed by atoms with Gasteiger partial charge in [0.2, 0.25) is 0 Å². The van der Waals surface area contributed by atoms with Crippen LogP contribution in [0.15, 0.2) is 11.8 Å². The Balaban J connectivity index is 0. The molecule has 0 aromatic heterocycles. The maximum Gasteiger partial charge on any atom is 0.0299 e. The third-order valence-corrected chi connectivity index (χ3v) is 0.444. The minimum absolute atomic E-state index is 0.500. The minimum atomic E-state index is 0.500. The summed E-state index contributed by atoms with van der Waals surface area (Å²) in [5.74, 6) is 0. The second-order valence-electron chi connectivity index (χ2n) is 1.57. The van der Waals surface area contributed by atoms with E-state index in [1.54, 1.807) is 19.9 Å². The molecule has 0 heterocycles. The van der Waals surface area contributed by atoms with Crippen molar-refractivity contribution in [1.82, 2.24) is 0 Å². The molecule has 2 nitrogen and oxygen atoms in total. The van der Waals surface area contributed by atoms with Gasteiger partial charge in [0.1, 0.15) is 0 Å². The smallest absolute Gasteiger partial charge is 0.0299 e. The maximum absolute atomic E-state index is 6.87. The van der Waals surface area contributed by atoms with Crippen LogP contribution in [0.2, 0.25) is 0 Å². The van der Waals surface area contributed by atoms with Crippen molar-refractivity contribution >= 4 is 5.71 Å². The highest BCUT2D eigenvalue weighted by Crippen LogP contribution is 1.78. The van der Waals surface area contributed by atoms with Gasteiger partial charge in [0.15, 0.2) is 0 Å². The molecular formula is C7H16N2. The quantitative estimate of drug-likeness (QED) is 0.521. The van der Waals surface area contributed by atoms with E-state index in [4.69, 9.17) is 11.1 Å². The number of rotatable bonds is 1. The predicted molar refractivity (Wildman–Crippen MR) is 42.7 cm³/mol. The summed E-state index contributed by atoms with van der Waals surface area (Å²) in [4.78, 5) is 0. The van der Waals surface area contributed by atoms with Gasteiger partial charge in [0.25, 0.3) is 0 Å². The van der Waals surface area contributed by atoms with Crippen molar-refractivity contribution < 1.29 is 0 Å². The van der Waals surface area contributed by atoms with Crippen molar-refractivity contribution in [3.63, 3.8) is 0 Å². The Kier molecular flexibility index (Phi) is 8.87. The van der Waals surface area contributed by atoms with Crippen LogP contribution < -0.4 is 5.73 Å². The number of hydrogen-bond acceptors (Lipinski definition) is 2. The van der Waals surface area contributed by atoms with Gasteiger partial charge in [0.05, 0.1) is 0 Å². The van der Waals surface area contributed by atoms with Crippen molar-refractivity contribution in [3.05, 3.63) is 11.8 Å². The van der Waals surface area contributed by atoms with Crippen molar-refractivity contribution in [2.24, 2.45) is 5.73 Å². The van der Waals surface area contributed by atoms with Crippen LogP contribution >= 0.6 is 0 Å². The Morgan fingerprint density at radius 2 is 1.67 bits per heavy atom. The molecule has 0 saturated carbocycles. The first-order valence-electron chi connectivity index (χ1n) is 3.12. The average Bonchev–Trinajstić information content (AvgIpc) is 1.68. The predicted octanol–water partition coefficient (Wildman–Crippen LogP) is 1.91. The highest BCUT2D eigenvalue weighted by Gasteiger charge is 1.76. The van der Waals surface area contributed by atoms with Crippen LogP contribution in [0, 0.1) is 5.41 Å². The summed E-state index contributed by atoms with van der Waals surface area (Å²) < 4.78 is 0. The Morgan fingerprint density at radius 1 is 1.33 bits per heavy atom. The first-order valence-corrected chi connectivity index (χ1v) is 3.12. The summed E-state index contributed by atoms with van der Waals surface area (Å²) in [5, 5.41) is 6.87. The maximum atomic E-state index is 6.87. The summed E-state index contributed by atoms with van der Waals surface area (Å²) in [7, 11) is 0. The molecule has 0 rings (SSSR count). The van der Waals surface area contributed by atoms with Gasteiger partial charge in [-0.15, -0.1) is 0 Å². The molecule has 0 atom stereocenters. The van der Waals surface area contributed by atoms with E-state index in [0.29, 0.717) is 11.4 Å². The Labute approximate surface area is 57.3 Å². The lowest BCUT2D eigenvalue weighted by Gasteiger charge is -1.84. The van der Waals surface area contributed by atoms with Crippen molar-refractivity contribution in [3.8, 4) is 0 Å². The van der Waals surface area contributed by atoms with E-state index in [1.165, 1.54) is 0 Å². The van der Waals surface area contributed by atoms with Crippen LogP contribution in [-0.4, -0.2) is 5.71 Å². The summed E-state index contributed by atoms with van der Waals surface area (Å²) >= 11 is 0. The van der Waals surface area contributed by atoms with Gasteiger partial charge in [-0.05, 0) is 19.9 Å². The molecule has 2 heteroatoms. The van der Waals surface area contributed by atoms with Crippen molar-refractivity contribution in [1.29, 1.82) is 5.41 Å². The molecular weight excluding hydrogens is 112 g/mol. The molecule has 0 aromatic rings. The zero-order chi connectivity index (χ0) is 7.86. The number of allylic oxidation sites excluding steroid dienone is 2. The second-order valence-corrected chi connectivity index (χ2v) is 1.57. The van der Waals surface area contributed by atoms with Crippen LogP contribution in [0.3, 0.4) is 0 Å². The van der Waals surface area contributed by atoms with Gasteiger partial charge in [-0.25, -0.2) is 0 Å². The molecule has 0 aromatic carbocycles. The molecule has 0 aliphatic rings. The Morgan fingerprint density at radius 3 is 1.67 bits per heavy atom. The third kappa shape index (κ3) is 19.0. The Hall–Kier alpha value is -0.790. The highest BCUT2D eigenvalue weighted by atomic mass is 14.5. The highest BCUT2D eigenvalue weighted by molar-refractivity contribution is 5.90. The van der Waals surface area contributed by atoms with Crippen LogP contribution in [0.4, 0.5) is 0 Å². The van der Waals surface area contributed by atoms with Crippen LogP contribution in [0.25, 0.3) is 0 Å². The lowest BCUT2D eigenvalue weighted by molar-refractivity contribution is 1.31. The summed E-state index contributed by atoms with van der Waals surface area (Å²) in [6, 6.07) is 0. The zero-order valence-corrected chi connectivity index (χ0v) is 6.65. The molecule has 0 saturated heterocycles. The Bertz CT molecular complexity index is 99.5. The van der Waals surface area contributed by atoms with Gasteiger partial charge >= 0.3 is 0 Å². The molecule has 0 bridgehead atoms. The summed E-state index contributed by atoms with van der Waals surface area (Å²) in [6.45, 7) is 7.45. The van der Waals surface area contributed by atoms with Gasteiger partial charge < -0.3 is 11.1 Å². The molecule has 0 fully saturated rings. The van der Waals surface area contributed by atoms with E-state index in [1.807, 2.05) is 13.8 Å². The fourth-order valence-corrected chi connectivity index (χ4v) is 0.342. The van der Waals surface area contributed by atoms with Crippen LogP contribution in [0.5, 0.6) is 0 Å². The largest absolute Gasteiger partial charge is 0.402 e. The third-order valence-electron chi connectivity index (χ3n) is 0.444. The van der Waals surface area contributed by atoms with E-state index in [2.05, 4.69) is 0 Å². The lowest BCUT2D eigenvalue weighted by Crippen LogP contribution is -1.93. The van der Waals surface area contributed by atoms with Gasteiger partial charge in [-0.1, -0.05) is 13.8 Å². The van der Waals surface area contributed by atoms with E-state index in [-0.39, 0.29) is 0 Å². The van der Waals surface area contributed by atoms with E-state index in [0.717, 1.165) is 0 Å². The molecule has 0 unspecified atom stereocenters. The monoisotopic (exact) mass is 128 g/mol. The molecule has 3 N–H and O–H groups in total. The number of hydrogen-bond donors (Lipinski definition) is 2. The van der Waals surface area contributed by atoms with Crippen molar-refractivity contribution in [2.45, 2.75) is 27.7 Å². The molecule has 0 aliphatic carbocycles. The summed E-state index contributed by atoms with van der Waals surface area (Å²) in [6.07, 6.45) is 1.61. The zero-order valence-electron chi connectivity index (χ0n) is 6.65. The number of nitrogens with one attached hydrogen (secondary N) is 1. The van der Waals surface area contributed by atoms with Crippen LogP contribution in [-0.2, 0) is 0 Å². The van der Waals surface area contributed by atoms with Gasteiger partial charge in [-0.2, -0.15) is 0 Å². The molecule has 0 radical (unpaired) electrons. The molecule has 54 valence electrons. The van der Waals surface area contributed by atoms with E-state index >= 15 is 0 Å².